The first-order chi connectivity index (χ1) is 12.9. The molecule has 0 aliphatic carbocycles. The molecule has 2 aromatic carbocycles. The Bertz CT molecular complexity index is 1020. The van der Waals surface area contributed by atoms with Gasteiger partial charge in [0.1, 0.15) is 5.75 Å². The van der Waals surface area contributed by atoms with E-state index in [4.69, 9.17) is 4.74 Å². The number of aryl methyl sites for hydroxylation is 1. The molecule has 0 aliphatic heterocycles. The van der Waals surface area contributed by atoms with Crippen molar-refractivity contribution in [3.05, 3.63) is 75.6 Å². The number of H-pyrrole nitrogens is 1. The largest absolute Gasteiger partial charge is 0.497 e. The minimum Gasteiger partial charge on any atom is -0.497 e. The molecule has 27 heavy (non-hydrogen) atoms. The van der Waals surface area contributed by atoms with Gasteiger partial charge in [-0.25, -0.2) is 0 Å². The fraction of sp³-hybridized carbons (Fsp3) is 0.273. The number of pyridine rings is 1. The Morgan fingerprint density at radius 1 is 1.11 bits per heavy atom. The van der Waals surface area contributed by atoms with Crippen LogP contribution in [0.15, 0.2) is 53.3 Å². The summed E-state index contributed by atoms with van der Waals surface area (Å²) in [4.78, 5) is 30.1. The first-order valence-electron chi connectivity index (χ1n) is 8.96. The van der Waals surface area contributed by atoms with Crippen LogP contribution in [0.4, 0.5) is 0 Å². The maximum atomic E-state index is 13.0. The molecule has 3 aromatic rings. The van der Waals surface area contributed by atoms with E-state index in [9.17, 15) is 9.59 Å². The highest BCUT2D eigenvalue weighted by Crippen LogP contribution is 2.18. The van der Waals surface area contributed by atoms with Crippen molar-refractivity contribution in [1.29, 1.82) is 0 Å². The predicted octanol–water partition coefficient (Wildman–Crippen LogP) is 3.90. The molecule has 5 nitrogen and oxygen atoms in total. The number of nitrogens with one attached hydrogen (secondary N) is 1. The molecule has 140 valence electrons. The van der Waals surface area contributed by atoms with Crippen LogP contribution in [0.1, 0.15) is 35.3 Å². The molecule has 0 atom stereocenters. The van der Waals surface area contributed by atoms with E-state index in [1.54, 1.807) is 36.3 Å². The van der Waals surface area contributed by atoms with Crippen molar-refractivity contribution >= 4 is 16.8 Å². The van der Waals surface area contributed by atoms with E-state index in [2.05, 4.69) is 4.98 Å². The fourth-order valence-electron chi connectivity index (χ4n) is 3.06. The number of fused-ring (bicyclic) bond motifs is 1. The van der Waals surface area contributed by atoms with Gasteiger partial charge in [-0.05, 0) is 68.6 Å². The van der Waals surface area contributed by atoms with Gasteiger partial charge in [0.25, 0.3) is 11.5 Å². The first-order valence-corrected chi connectivity index (χ1v) is 8.96. The van der Waals surface area contributed by atoms with Crippen LogP contribution in [0, 0.1) is 6.92 Å². The van der Waals surface area contributed by atoms with Gasteiger partial charge in [-0.3, -0.25) is 9.59 Å². The standard InChI is InChI=1S/C22H24N2O3/c1-14(2)24(22(26)16-6-8-19(27-4)9-7-16)13-18-12-17-11-15(3)5-10-20(17)23-21(18)25/h5-12,14H,13H2,1-4H3,(H,23,25). The molecule has 0 bridgehead atoms. The van der Waals surface area contributed by atoms with Crippen LogP contribution in [-0.2, 0) is 6.54 Å². The summed E-state index contributed by atoms with van der Waals surface area (Å²) in [6.07, 6.45) is 0. The number of aromatic amines is 1. The summed E-state index contributed by atoms with van der Waals surface area (Å²) in [7, 11) is 1.59. The van der Waals surface area contributed by atoms with Crippen LogP contribution in [0.2, 0.25) is 0 Å². The molecule has 0 aliphatic rings. The van der Waals surface area contributed by atoms with Crippen LogP contribution in [0.25, 0.3) is 10.9 Å². The van der Waals surface area contributed by atoms with Crippen LogP contribution in [0.3, 0.4) is 0 Å². The molecule has 1 N–H and O–H groups in total. The van der Waals surface area contributed by atoms with Gasteiger partial charge >= 0.3 is 0 Å². The van der Waals surface area contributed by atoms with Crippen LogP contribution in [-0.4, -0.2) is 28.9 Å². The third-order valence-electron chi connectivity index (χ3n) is 4.64. The highest BCUT2D eigenvalue weighted by molar-refractivity contribution is 5.94. The van der Waals surface area contributed by atoms with Gasteiger partial charge in [-0.2, -0.15) is 0 Å². The summed E-state index contributed by atoms with van der Waals surface area (Å²) in [5.74, 6) is 0.584. The number of hydrogen-bond donors (Lipinski definition) is 1. The Labute approximate surface area is 158 Å². The smallest absolute Gasteiger partial charge is 0.254 e. The monoisotopic (exact) mass is 364 g/mol. The summed E-state index contributed by atoms with van der Waals surface area (Å²) in [5, 5.41) is 0.963. The first kappa shape index (κ1) is 18.7. The fourth-order valence-corrected chi connectivity index (χ4v) is 3.06. The Balaban J connectivity index is 1.94. The number of nitrogens with zero attached hydrogens (tertiary/aromatic N) is 1. The van der Waals surface area contributed by atoms with E-state index >= 15 is 0 Å². The molecule has 1 aromatic heterocycles. The Hall–Kier alpha value is -3.08. The molecular weight excluding hydrogens is 340 g/mol. The highest BCUT2D eigenvalue weighted by Gasteiger charge is 2.20. The molecule has 1 amide bonds. The molecule has 5 heteroatoms. The average Bonchev–Trinajstić information content (AvgIpc) is 2.66. The van der Waals surface area contributed by atoms with E-state index < -0.39 is 0 Å². The minimum atomic E-state index is -0.167. The van der Waals surface area contributed by atoms with Crippen LogP contribution in [0.5, 0.6) is 5.75 Å². The number of benzene rings is 2. The lowest BCUT2D eigenvalue weighted by atomic mass is 10.1. The molecule has 0 radical (unpaired) electrons. The molecular formula is C22H24N2O3. The van der Waals surface area contributed by atoms with Crippen molar-refractivity contribution < 1.29 is 9.53 Å². The summed E-state index contributed by atoms with van der Waals surface area (Å²) in [6.45, 7) is 6.15. The van der Waals surface area contributed by atoms with Gasteiger partial charge in [0, 0.05) is 22.7 Å². The molecule has 0 unspecified atom stereocenters. The highest BCUT2D eigenvalue weighted by atomic mass is 16.5. The van der Waals surface area contributed by atoms with E-state index in [0.717, 1.165) is 16.5 Å². The number of hydrogen-bond acceptors (Lipinski definition) is 3. The van der Waals surface area contributed by atoms with E-state index in [0.29, 0.717) is 16.9 Å². The van der Waals surface area contributed by atoms with Crippen LogP contribution >= 0.6 is 0 Å². The lowest BCUT2D eigenvalue weighted by Gasteiger charge is -2.27. The van der Waals surface area contributed by atoms with Gasteiger partial charge < -0.3 is 14.6 Å². The Morgan fingerprint density at radius 3 is 2.44 bits per heavy atom. The second-order valence-corrected chi connectivity index (χ2v) is 6.97. The topological polar surface area (TPSA) is 62.4 Å². The van der Waals surface area contributed by atoms with E-state index in [1.165, 1.54) is 0 Å². The lowest BCUT2D eigenvalue weighted by Crippen LogP contribution is -2.38. The SMILES string of the molecule is COc1ccc(C(=O)N(Cc2cc3cc(C)ccc3[nH]c2=O)C(C)C)cc1. The number of amides is 1. The third-order valence-corrected chi connectivity index (χ3v) is 4.64. The number of methoxy groups -OCH3 is 1. The minimum absolute atomic E-state index is 0.0489. The number of rotatable bonds is 5. The summed E-state index contributed by atoms with van der Waals surface area (Å²) < 4.78 is 5.15. The summed E-state index contributed by atoms with van der Waals surface area (Å²) in [6, 6.07) is 14.7. The maximum Gasteiger partial charge on any atom is 0.254 e. The van der Waals surface area contributed by atoms with Crippen molar-refractivity contribution in [3.8, 4) is 5.75 Å². The molecule has 0 saturated heterocycles. The van der Waals surface area contributed by atoms with Crippen molar-refractivity contribution in [2.24, 2.45) is 0 Å². The van der Waals surface area contributed by atoms with E-state index in [-0.39, 0.29) is 24.1 Å². The average molecular weight is 364 g/mol. The van der Waals surface area contributed by atoms with Crippen molar-refractivity contribution in [3.63, 3.8) is 0 Å². The second kappa shape index (κ2) is 7.66. The molecule has 1 heterocycles. The lowest BCUT2D eigenvalue weighted by molar-refractivity contribution is 0.0689. The van der Waals surface area contributed by atoms with Gasteiger partial charge in [0.2, 0.25) is 0 Å². The van der Waals surface area contributed by atoms with E-state index in [1.807, 2.05) is 45.0 Å². The zero-order valence-electron chi connectivity index (χ0n) is 16.1. The van der Waals surface area contributed by atoms with Crippen molar-refractivity contribution in [2.75, 3.05) is 7.11 Å². The number of carbonyl (C=O) groups is 1. The van der Waals surface area contributed by atoms with Gasteiger partial charge in [-0.1, -0.05) is 11.6 Å². The molecule has 0 spiro atoms. The van der Waals surface area contributed by atoms with Crippen molar-refractivity contribution in [1.82, 2.24) is 9.88 Å². The number of aromatic nitrogens is 1. The normalized spacial score (nSPS) is 11.0. The Kier molecular flexibility index (Phi) is 5.31. The number of ether oxygens (including phenoxy) is 1. The molecule has 0 saturated carbocycles. The Morgan fingerprint density at radius 2 is 1.81 bits per heavy atom. The zero-order chi connectivity index (χ0) is 19.6. The van der Waals surface area contributed by atoms with Gasteiger partial charge in [0.15, 0.2) is 0 Å². The summed E-state index contributed by atoms with van der Waals surface area (Å²) in [5.41, 5.74) is 2.89. The maximum absolute atomic E-state index is 13.0. The summed E-state index contributed by atoms with van der Waals surface area (Å²) >= 11 is 0. The van der Waals surface area contributed by atoms with Gasteiger partial charge in [0.05, 0.1) is 13.7 Å². The number of carbonyl (C=O) groups excluding carboxylic acids is 1. The third kappa shape index (κ3) is 4.03. The van der Waals surface area contributed by atoms with Gasteiger partial charge in [-0.15, -0.1) is 0 Å². The second-order valence-electron chi connectivity index (χ2n) is 6.97. The van der Waals surface area contributed by atoms with Crippen LogP contribution < -0.4 is 10.3 Å². The molecule has 3 rings (SSSR count). The molecule has 0 fully saturated rings. The zero-order valence-corrected chi connectivity index (χ0v) is 16.1. The van der Waals surface area contributed by atoms with Crippen molar-refractivity contribution in [2.45, 2.75) is 33.4 Å². The predicted molar refractivity (Wildman–Crippen MR) is 107 cm³/mol. The quantitative estimate of drug-likeness (QED) is 0.747.